The fraction of sp³-hybridized carbons (Fsp3) is 0.222. The minimum absolute atomic E-state index is 0.0140. The van der Waals surface area contributed by atoms with Crippen molar-refractivity contribution in [2.24, 2.45) is 0 Å². The van der Waals surface area contributed by atoms with Crippen LogP contribution in [0.5, 0.6) is 5.75 Å². The SMILES string of the molecule is CCCOc1ccc(C(=O)O)cc1NC(=O)c1cccc([N+](=O)[O-])c1C. The molecule has 0 aliphatic rings. The first-order chi connectivity index (χ1) is 12.3. The van der Waals surface area contributed by atoms with E-state index in [2.05, 4.69) is 5.32 Å². The fourth-order valence-corrected chi connectivity index (χ4v) is 2.36. The van der Waals surface area contributed by atoms with Crippen LogP contribution in [0.2, 0.25) is 0 Å². The Morgan fingerprint density at radius 1 is 1.27 bits per heavy atom. The third-order valence-corrected chi connectivity index (χ3v) is 3.68. The molecule has 136 valence electrons. The van der Waals surface area contributed by atoms with Crippen molar-refractivity contribution < 1.29 is 24.4 Å². The molecule has 0 radical (unpaired) electrons. The zero-order valence-electron chi connectivity index (χ0n) is 14.3. The Hall–Kier alpha value is -3.42. The summed E-state index contributed by atoms with van der Waals surface area (Å²) in [5.74, 6) is -1.41. The average Bonchev–Trinajstić information content (AvgIpc) is 2.60. The van der Waals surface area contributed by atoms with E-state index in [1.807, 2.05) is 6.92 Å². The molecule has 0 aliphatic heterocycles. The van der Waals surface area contributed by atoms with Gasteiger partial charge in [-0.3, -0.25) is 14.9 Å². The van der Waals surface area contributed by atoms with Crippen LogP contribution in [0.3, 0.4) is 0 Å². The van der Waals surface area contributed by atoms with Crippen LogP contribution < -0.4 is 10.1 Å². The number of hydrogen-bond acceptors (Lipinski definition) is 5. The van der Waals surface area contributed by atoms with Gasteiger partial charge in [0.1, 0.15) is 5.75 Å². The van der Waals surface area contributed by atoms with Crippen LogP contribution in [-0.4, -0.2) is 28.5 Å². The number of carboxylic acid groups (broad SMARTS) is 1. The maximum Gasteiger partial charge on any atom is 0.335 e. The van der Waals surface area contributed by atoms with Gasteiger partial charge < -0.3 is 15.2 Å². The van der Waals surface area contributed by atoms with Gasteiger partial charge in [-0.05, 0) is 37.6 Å². The van der Waals surface area contributed by atoms with Crippen molar-refractivity contribution in [3.05, 3.63) is 63.2 Å². The lowest BCUT2D eigenvalue weighted by Crippen LogP contribution is -2.15. The van der Waals surface area contributed by atoms with E-state index in [-0.39, 0.29) is 28.1 Å². The predicted octanol–water partition coefficient (Wildman–Crippen LogP) is 3.64. The van der Waals surface area contributed by atoms with E-state index in [9.17, 15) is 19.7 Å². The van der Waals surface area contributed by atoms with Gasteiger partial charge in [-0.25, -0.2) is 4.79 Å². The highest BCUT2D eigenvalue weighted by Crippen LogP contribution is 2.28. The summed E-state index contributed by atoms with van der Waals surface area (Å²) >= 11 is 0. The quantitative estimate of drug-likeness (QED) is 0.576. The zero-order valence-corrected chi connectivity index (χ0v) is 14.3. The molecule has 26 heavy (non-hydrogen) atoms. The molecule has 1 amide bonds. The van der Waals surface area contributed by atoms with Gasteiger partial charge in [0, 0.05) is 17.2 Å². The molecule has 0 atom stereocenters. The lowest BCUT2D eigenvalue weighted by Gasteiger charge is -2.14. The molecule has 0 spiro atoms. The molecule has 2 N–H and O–H groups in total. The van der Waals surface area contributed by atoms with Crippen molar-refractivity contribution >= 4 is 23.3 Å². The molecular formula is C18H18N2O6. The third-order valence-electron chi connectivity index (χ3n) is 3.68. The van der Waals surface area contributed by atoms with E-state index < -0.39 is 16.8 Å². The number of aromatic carboxylic acids is 1. The number of amides is 1. The number of nitro benzene ring substituents is 1. The Morgan fingerprint density at radius 3 is 2.62 bits per heavy atom. The van der Waals surface area contributed by atoms with Crippen LogP contribution in [-0.2, 0) is 0 Å². The third kappa shape index (κ3) is 4.15. The van der Waals surface area contributed by atoms with Crippen LogP contribution in [0.4, 0.5) is 11.4 Å². The summed E-state index contributed by atoms with van der Waals surface area (Å²) in [5.41, 5.74) is 0.357. The normalized spacial score (nSPS) is 10.2. The van der Waals surface area contributed by atoms with Crippen LogP contribution >= 0.6 is 0 Å². The summed E-state index contributed by atoms with van der Waals surface area (Å²) in [6.07, 6.45) is 0.734. The second-order valence-electron chi connectivity index (χ2n) is 5.53. The lowest BCUT2D eigenvalue weighted by molar-refractivity contribution is -0.385. The number of anilines is 1. The molecule has 0 bridgehead atoms. The summed E-state index contributed by atoms with van der Waals surface area (Å²) in [5, 5.41) is 22.8. The molecule has 2 aromatic carbocycles. The monoisotopic (exact) mass is 358 g/mol. The molecular weight excluding hydrogens is 340 g/mol. The van der Waals surface area contributed by atoms with Gasteiger partial charge in [0.25, 0.3) is 11.6 Å². The summed E-state index contributed by atoms with van der Waals surface area (Å²) in [4.78, 5) is 34.2. The number of ether oxygens (including phenoxy) is 1. The topological polar surface area (TPSA) is 119 Å². The number of benzene rings is 2. The molecule has 0 heterocycles. The smallest absolute Gasteiger partial charge is 0.335 e. The van der Waals surface area contributed by atoms with Crippen LogP contribution in [0.1, 0.15) is 39.6 Å². The summed E-state index contributed by atoms with van der Waals surface area (Å²) in [6.45, 7) is 3.79. The van der Waals surface area contributed by atoms with E-state index >= 15 is 0 Å². The summed E-state index contributed by atoms with van der Waals surface area (Å²) < 4.78 is 5.53. The lowest BCUT2D eigenvalue weighted by atomic mass is 10.1. The molecule has 0 aromatic heterocycles. The maximum atomic E-state index is 12.6. The Balaban J connectivity index is 2.38. The van der Waals surface area contributed by atoms with Gasteiger partial charge in [-0.1, -0.05) is 13.0 Å². The minimum atomic E-state index is -1.14. The van der Waals surface area contributed by atoms with Crippen molar-refractivity contribution in [3.63, 3.8) is 0 Å². The van der Waals surface area contributed by atoms with Crippen LogP contribution in [0.25, 0.3) is 0 Å². The highest BCUT2D eigenvalue weighted by molar-refractivity contribution is 6.07. The molecule has 0 saturated heterocycles. The van der Waals surface area contributed by atoms with E-state index in [1.54, 1.807) is 0 Å². The van der Waals surface area contributed by atoms with Gasteiger partial charge in [-0.15, -0.1) is 0 Å². The second kappa shape index (κ2) is 8.11. The first-order valence-electron chi connectivity index (χ1n) is 7.90. The molecule has 2 aromatic rings. The van der Waals surface area contributed by atoms with E-state index in [0.29, 0.717) is 12.4 Å². The molecule has 8 heteroatoms. The summed E-state index contributed by atoms with van der Waals surface area (Å²) in [6, 6.07) is 8.33. The largest absolute Gasteiger partial charge is 0.491 e. The predicted molar refractivity (Wildman–Crippen MR) is 95.0 cm³/mol. The molecule has 0 saturated carbocycles. The minimum Gasteiger partial charge on any atom is -0.491 e. The molecule has 0 unspecified atom stereocenters. The fourth-order valence-electron chi connectivity index (χ4n) is 2.36. The average molecular weight is 358 g/mol. The number of carbonyl (C=O) groups excluding carboxylic acids is 1. The Bertz CT molecular complexity index is 863. The summed E-state index contributed by atoms with van der Waals surface area (Å²) in [7, 11) is 0. The highest BCUT2D eigenvalue weighted by Gasteiger charge is 2.19. The number of carboxylic acids is 1. The van der Waals surface area contributed by atoms with Crippen LogP contribution in [0.15, 0.2) is 36.4 Å². The number of hydrogen-bond donors (Lipinski definition) is 2. The Morgan fingerprint density at radius 2 is 2.00 bits per heavy atom. The first kappa shape index (κ1) is 18.9. The molecule has 0 aliphatic carbocycles. The first-order valence-corrected chi connectivity index (χ1v) is 7.90. The number of nitro groups is 1. The van der Waals surface area contributed by atoms with E-state index in [4.69, 9.17) is 9.84 Å². The van der Waals surface area contributed by atoms with Crippen molar-refractivity contribution in [1.82, 2.24) is 0 Å². The molecule has 2 rings (SSSR count). The number of rotatable bonds is 7. The number of carbonyl (C=O) groups is 2. The number of nitrogens with zero attached hydrogens (tertiary/aromatic N) is 1. The van der Waals surface area contributed by atoms with Gasteiger partial charge in [0.2, 0.25) is 0 Å². The van der Waals surface area contributed by atoms with Gasteiger partial charge in [0.15, 0.2) is 0 Å². The van der Waals surface area contributed by atoms with Crippen molar-refractivity contribution in [3.8, 4) is 5.75 Å². The standard InChI is InChI=1S/C18H18N2O6/c1-3-9-26-16-8-7-12(18(22)23)10-14(16)19-17(21)13-5-4-6-15(11(13)2)20(24)25/h4-8,10H,3,9H2,1-2H3,(H,19,21)(H,22,23). The van der Waals surface area contributed by atoms with E-state index in [0.717, 1.165) is 6.42 Å². The van der Waals surface area contributed by atoms with E-state index in [1.165, 1.54) is 43.3 Å². The van der Waals surface area contributed by atoms with Gasteiger partial charge in [0.05, 0.1) is 22.8 Å². The number of nitrogens with one attached hydrogen (secondary N) is 1. The molecule has 0 fully saturated rings. The zero-order chi connectivity index (χ0) is 19.3. The van der Waals surface area contributed by atoms with Gasteiger partial charge >= 0.3 is 5.97 Å². The van der Waals surface area contributed by atoms with Crippen LogP contribution in [0, 0.1) is 17.0 Å². The van der Waals surface area contributed by atoms with Crippen molar-refractivity contribution in [2.75, 3.05) is 11.9 Å². The van der Waals surface area contributed by atoms with Gasteiger partial charge in [-0.2, -0.15) is 0 Å². The van der Waals surface area contributed by atoms with Crippen molar-refractivity contribution in [2.45, 2.75) is 20.3 Å². The Kier molecular flexibility index (Phi) is 5.90. The Labute approximate surface area is 149 Å². The highest BCUT2D eigenvalue weighted by atomic mass is 16.6. The molecule has 8 nitrogen and oxygen atoms in total. The van der Waals surface area contributed by atoms with Crippen molar-refractivity contribution in [1.29, 1.82) is 0 Å². The maximum absolute atomic E-state index is 12.6. The second-order valence-corrected chi connectivity index (χ2v) is 5.53.